The number of guanidine groups is 1. The molecule has 1 aromatic heterocycles. The average molecular weight is 568 g/mol. The smallest absolute Gasteiger partial charge is 0.194 e. The van der Waals surface area contributed by atoms with Gasteiger partial charge >= 0.3 is 0 Å². The van der Waals surface area contributed by atoms with Crippen LogP contribution in [0.2, 0.25) is 0 Å². The molecule has 2 aliphatic rings. The zero-order valence-corrected chi connectivity index (χ0v) is 22.2. The second kappa shape index (κ2) is 13.1. The molecule has 1 aromatic carbocycles. The van der Waals surface area contributed by atoms with E-state index in [0.717, 1.165) is 83.6 Å². The standard InChI is InChI=1S/C24H37N7O.HI/c1-3-25-24(31-12-10-28(11-13-31)20-22-9-18-32-27-22)26-19-21(2)29-14-16-30(17-15-29)23-7-5-4-6-8-23;/h4-9,18,21H,3,10-17,19-20H2,1-2H3,(H,25,26);1H. The van der Waals surface area contributed by atoms with E-state index in [1.54, 1.807) is 6.26 Å². The molecule has 8 nitrogen and oxygen atoms in total. The Kier molecular flexibility index (Phi) is 10.3. The highest BCUT2D eigenvalue weighted by molar-refractivity contribution is 14.0. The average Bonchev–Trinajstić information content (AvgIpc) is 3.36. The molecule has 0 aliphatic carbocycles. The third kappa shape index (κ3) is 7.31. The van der Waals surface area contributed by atoms with E-state index in [9.17, 15) is 0 Å². The van der Waals surface area contributed by atoms with Gasteiger partial charge in [-0.3, -0.25) is 14.8 Å². The fourth-order valence-electron chi connectivity index (χ4n) is 4.49. The van der Waals surface area contributed by atoms with E-state index >= 15 is 0 Å². The van der Waals surface area contributed by atoms with Crippen LogP contribution in [0.15, 0.2) is 52.2 Å². The molecule has 0 bridgehead atoms. The number of hydrogen-bond donors (Lipinski definition) is 1. The quantitative estimate of drug-likeness (QED) is 0.314. The van der Waals surface area contributed by atoms with Crippen molar-refractivity contribution in [3.05, 3.63) is 48.4 Å². The summed E-state index contributed by atoms with van der Waals surface area (Å²) in [7, 11) is 0. The second-order valence-corrected chi connectivity index (χ2v) is 8.66. The van der Waals surface area contributed by atoms with E-state index < -0.39 is 0 Å². The third-order valence-electron chi connectivity index (χ3n) is 6.45. The van der Waals surface area contributed by atoms with E-state index in [1.165, 1.54) is 5.69 Å². The maximum atomic E-state index is 5.02. The van der Waals surface area contributed by atoms with Crippen molar-refractivity contribution >= 4 is 35.6 Å². The summed E-state index contributed by atoms with van der Waals surface area (Å²) in [4.78, 5) is 14.9. The van der Waals surface area contributed by atoms with E-state index in [2.05, 4.69) is 74.3 Å². The molecule has 3 heterocycles. The number of aromatic nitrogens is 1. The largest absolute Gasteiger partial charge is 0.369 e. The predicted octanol–water partition coefficient (Wildman–Crippen LogP) is 2.59. The Morgan fingerprint density at radius 2 is 1.76 bits per heavy atom. The van der Waals surface area contributed by atoms with Crippen LogP contribution in [0.3, 0.4) is 0 Å². The van der Waals surface area contributed by atoms with E-state index in [-0.39, 0.29) is 24.0 Å². The second-order valence-electron chi connectivity index (χ2n) is 8.66. The van der Waals surface area contributed by atoms with Crippen LogP contribution in [0.5, 0.6) is 0 Å². The molecule has 2 saturated heterocycles. The van der Waals surface area contributed by atoms with Gasteiger partial charge in [-0.15, -0.1) is 24.0 Å². The Morgan fingerprint density at radius 3 is 2.39 bits per heavy atom. The number of aliphatic imine (C=N–C) groups is 1. The monoisotopic (exact) mass is 567 g/mol. The highest BCUT2D eigenvalue weighted by Gasteiger charge is 2.23. The molecule has 0 radical (unpaired) electrons. The number of nitrogens with one attached hydrogen (secondary N) is 1. The van der Waals surface area contributed by atoms with E-state index in [4.69, 9.17) is 9.52 Å². The number of halogens is 1. The minimum absolute atomic E-state index is 0. The molecule has 0 amide bonds. The topological polar surface area (TPSA) is 63.4 Å². The first-order chi connectivity index (χ1) is 15.7. The number of benzene rings is 1. The minimum Gasteiger partial charge on any atom is -0.369 e. The summed E-state index contributed by atoms with van der Waals surface area (Å²) in [6.07, 6.45) is 1.64. The zero-order valence-electron chi connectivity index (χ0n) is 19.9. The van der Waals surface area contributed by atoms with Gasteiger partial charge in [0.05, 0.1) is 12.2 Å². The van der Waals surface area contributed by atoms with Crippen LogP contribution >= 0.6 is 24.0 Å². The summed E-state index contributed by atoms with van der Waals surface area (Å²) in [5, 5.41) is 7.54. The summed E-state index contributed by atoms with van der Waals surface area (Å²) in [5.41, 5.74) is 2.33. The zero-order chi connectivity index (χ0) is 22.2. The highest BCUT2D eigenvalue weighted by atomic mass is 127. The molecule has 1 atom stereocenters. The molecule has 1 N–H and O–H groups in total. The van der Waals surface area contributed by atoms with Crippen molar-refractivity contribution in [1.29, 1.82) is 0 Å². The van der Waals surface area contributed by atoms with Crippen molar-refractivity contribution in [3.63, 3.8) is 0 Å². The molecule has 2 aliphatic heterocycles. The number of rotatable bonds is 7. The lowest BCUT2D eigenvalue weighted by Gasteiger charge is -2.39. The first-order valence-corrected chi connectivity index (χ1v) is 11.9. The summed E-state index contributed by atoms with van der Waals surface area (Å²) in [6, 6.07) is 13.1. The van der Waals surface area contributed by atoms with Crippen LogP contribution in [0, 0.1) is 0 Å². The first kappa shape index (κ1) is 25.8. The molecule has 2 fully saturated rings. The molecule has 1 unspecified atom stereocenters. The molecular weight excluding hydrogens is 529 g/mol. The lowest BCUT2D eigenvalue weighted by atomic mass is 10.2. The summed E-state index contributed by atoms with van der Waals surface area (Å²) in [6.45, 7) is 15.3. The molecule has 9 heteroatoms. The highest BCUT2D eigenvalue weighted by Crippen LogP contribution is 2.17. The fourth-order valence-corrected chi connectivity index (χ4v) is 4.49. The van der Waals surface area contributed by atoms with Gasteiger partial charge in [-0.2, -0.15) is 0 Å². The van der Waals surface area contributed by atoms with Gasteiger partial charge < -0.3 is 19.6 Å². The molecule has 0 spiro atoms. The van der Waals surface area contributed by atoms with Crippen LogP contribution in [0.25, 0.3) is 0 Å². The maximum absolute atomic E-state index is 5.02. The van der Waals surface area contributed by atoms with Gasteiger partial charge in [0.2, 0.25) is 0 Å². The predicted molar refractivity (Wildman–Crippen MR) is 144 cm³/mol. The van der Waals surface area contributed by atoms with Gasteiger partial charge in [-0.05, 0) is 26.0 Å². The van der Waals surface area contributed by atoms with Crippen LogP contribution in [-0.2, 0) is 6.54 Å². The van der Waals surface area contributed by atoms with Crippen molar-refractivity contribution in [1.82, 2.24) is 25.2 Å². The van der Waals surface area contributed by atoms with Crippen LogP contribution in [0.4, 0.5) is 5.69 Å². The Balaban J connectivity index is 0.00000306. The molecular formula is C24H38IN7O. The van der Waals surface area contributed by atoms with Gasteiger partial charge in [0.15, 0.2) is 5.96 Å². The normalized spacial score (nSPS) is 19.3. The lowest BCUT2D eigenvalue weighted by molar-refractivity contribution is 0.168. The molecule has 33 heavy (non-hydrogen) atoms. The van der Waals surface area contributed by atoms with Gasteiger partial charge in [0, 0.05) is 83.2 Å². The molecule has 2 aromatic rings. The molecule has 4 rings (SSSR count). The number of hydrogen-bond acceptors (Lipinski definition) is 6. The number of para-hydroxylation sites is 1. The van der Waals surface area contributed by atoms with E-state index in [0.29, 0.717) is 6.04 Å². The number of anilines is 1. The summed E-state index contributed by atoms with van der Waals surface area (Å²) < 4.78 is 4.96. The number of piperazine rings is 2. The van der Waals surface area contributed by atoms with Crippen molar-refractivity contribution < 1.29 is 4.52 Å². The van der Waals surface area contributed by atoms with Crippen LogP contribution in [-0.4, -0.2) is 97.3 Å². The Hall–Kier alpha value is -1.85. The van der Waals surface area contributed by atoms with Crippen molar-refractivity contribution in [3.8, 4) is 0 Å². The summed E-state index contributed by atoms with van der Waals surface area (Å²) >= 11 is 0. The van der Waals surface area contributed by atoms with Gasteiger partial charge in [-0.1, -0.05) is 23.4 Å². The third-order valence-corrected chi connectivity index (χ3v) is 6.45. The van der Waals surface area contributed by atoms with Gasteiger partial charge in [-0.25, -0.2) is 0 Å². The SMILES string of the molecule is CCNC(=NCC(C)N1CCN(c2ccccc2)CC1)N1CCN(Cc2ccon2)CC1.I. The fraction of sp³-hybridized carbons (Fsp3) is 0.583. The van der Waals surface area contributed by atoms with E-state index in [1.807, 2.05) is 6.07 Å². The number of nitrogens with zero attached hydrogens (tertiary/aromatic N) is 6. The Labute approximate surface area is 215 Å². The minimum atomic E-state index is 0. The Morgan fingerprint density at radius 1 is 1.03 bits per heavy atom. The van der Waals surface area contributed by atoms with Crippen molar-refractivity contribution in [2.45, 2.75) is 26.4 Å². The lowest BCUT2D eigenvalue weighted by Crippen LogP contribution is -2.53. The van der Waals surface area contributed by atoms with Gasteiger partial charge in [0.25, 0.3) is 0 Å². The van der Waals surface area contributed by atoms with Crippen LogP contribution in [0.1, 0.15) is 19.5 Å². The van der Waals surface area contributed by atoms with Crippen molar-refractivity contribution in [2.24, 2.45) is 4.99 Å². The van der Waals surface area contributed by atoms with Crippen LogP contribution < -0.4 is 10.2 Å². The Bertz CT molecular complexity index is 817. The molecule has 182 valence electrons. The molecule has 0 saturated carbocycles. The summed E-state index contributed by atoms with van der Waals surface area (Å²) in [5.74, 6) is 1.04. The maximum Gasteiger partial charge on any atom is 0.194 e. The van der Waals surface area contributed by atoms with Crippen molar-refractivity contribution in [2.75, 3.05) is 70.3 Å². The first-order valence-electron chi connectivity index (χ1n) is 11.9. The van der Waals surface area contributed by atoms with Gasteiger partial charge in [0.1, 0.15) is 6.26 Å².